The third kappa shape index (κ3) is 4.23. The maximum absolute atomic E-state index is 7.23. The number of pyridine rings is 1. The average Bonchev–Trinajstić information content (AvgIpc) is 3.15. The van der Waals surface area contributed by atoms with E-state index >= 15 is 0 Å². The molecule has 1 aromatic carbocycles. The molecule has 0 amide bonds. The van der Waals surface area contributed by atoms with Crippen LogP contribution in [0.5, 0.6) is 0 Å². The topological polar surface area (TPSA) is 55.6 Å². The van der Waals surface area contributed by atoms with Crippen molar-refractivity contribution in [2.24, 2.45) is 0 Å². The molecular formula is C24H29Cl2N5. The van der Waals surface area contributed by atoms with E-state index in [2.05, 4.69) is 70.3 Å². The zero-order valence-corrected chi connectivity index (χ0v) is 19.6. The van der Waals surface area contributed by atoms with Crippen LogP contribution in [-0.4, -0.2) is 19.7 Å². The highest BCUT2D eigenvalue weighted by atomic mass is 35.5. The largest absolute Gasteiger partial charge is 0.306 e. The molecule has 2 aliphatic rings. The normalized spacial score (nSPS) is 22.9. The lowest BCUT2D eigenvalue weighted by Crippen LogP contribution is -2.26. The fourth-order valence-corrected chi connectivity index (χ4v) is 5.14. The monoisotopic (exact) mass is 457 g/mol. The van der Waals surface area contributed by atoms with Gasteiger partial charge in [0.25, 0.3) is 0 Å². The van der Waals surface area contributed by atoms with E-state index < -0.39 is 0 Å². The Balaban J connectivity index is 0.00000231. The van der Waals surface area contributed by atoms with Crippen LogP contribution in [0.4, 0.5) is 0 Å². The number of hydrogen-bond acceptors (Lipinski definition) is 4. The van der Waals surface area contributed by atoms with Crippen molar-refractivity contribution in [2.45, 2.75) is 69.3 Å². The molecule has 5 nitrogen and oxygen atoms in total. The van der Waals surface area contributed by atoms with Gasteiger partial charge in [0, 0.05) is 23.9 Å². The minimum absolute atomic E-state index is 0. The van der Waals surface area contributed by atoms with Gasteiger partial charge in [0.15, 0.2) is 5.82 Å². The Labute approximate surface area is 195 Å². The lowest BCUT2D eigenvalue weighted by atomic mass is 9.76. The quantitative estimate of drug-likeness (QED) is 0.519. The molecule has 0 saturated heterocycles. The van der Waals surface area contributed by atoms with Gasteiger partial charge >= 0.3 is 0 Å². The number of aromatic nitrogens is 4. The number of alkyl halides is 1. The van der Waals surface area contributed by atoms with Gasteiger partial charge in [-0.05, 0) is 60.9 Å². The molecule has 1 aliphatic heterocycles. The summed E-state index contributed by atoms with van der Waals surface area (Å²) in [7, 11) is 0. The summed E-state index contributed by atoms with van der Waals surface area (Å²) >= 11 is 7.23. The number of benzene rings is 1. The van der Waals surface area contributed by atoms with Gasteiger partial charge in [0.05, 0.1) is 17.1 Å². The molecular weight excluding hydrogens is 429 g/mol. The Morgan fingerprint density at radius 1 is 1.13 bits per heavy atom. The first-order chi connectivity index (χ1) is 14.5. The molecule has 0 bridgehead atoms. The molecule has 0 unspecified atom stereocenters. The first kappa shape index (κ1) is 22.3. The van der Waals surface area contributed by atoms with E-state index in [1.54, 1.807) is 6.33 Å². The average molecular weight is 458 g/mol. The van der Waals surface area contributed by atoms with Crippen LogP contribution in [0.1, 0.15) is 79.7 Å². The van der Waals surface area contributed by atoms with E-state index in [1.165, 1.54) is 22.5 Å². The number of halogens is 2. The Bertz CT molecular complexity index is 1050. The van der Waals surface area contributed by atoms with E-state index in [0.29, 0.717) is 11.8 Å². The molecule has 1 aliphatic carbocycles. The van der Waals surface area contributed by atoms with Crippen molar-refractivity contribution in [1.82, 2.24) is 25.1 Å². The minimum atomic E-state index is -0.302. The molecule has 5 rings (SSSR count). The van der Waals surface area contributed by atoms with Crippen molar-refractivity contribution in [2.75, 3.05) is 0 Å². The van der Waals surface area contributed by atoms with Gasteiger partial charge in [0.2, 0.25) is 0 Å². The number of rotatable bonds is 3. The summed E-state index contributed by atoms with van der Waals surface area (Å²) in [5.41, 5.74) is 6.03. The van der Waals surface area contributed by atoms with Gasteiger partial charge in [0.1, 0.15) is 6.33 Å². The molecule has 0 atom stereocenters. The molecule has 1 N–H and O–H groups in total. The van der Waals surface area contributed by atoms with Crippen LogP contribution in [0.3, 0.4) is 0 Å². The van der Waals surface area contributed by atoms with Crippen molar-refractivity contribution in [3.63, 3.8) is 0 Å². The molecule has 7 heteroatoms. The smallest absolute Gasteiger partial charge is 0.151 e. The lowest BCUT2D eigenvalue weighted by Gasteiger charge is -2.36. The van der Waals surface area contributed by atoms with Crippen LogP contribution in [0, 0.1) is 0 Å². The first-order valence-corrected chi connectivity index (χ1v) is 11.3. The van der Waals surface area contributed by atoms with Gasteiger partial charge in [-0.3, -0.25) is 9.55 Å². The lowest BCUT2D eigenvalue weighted by molar-refractivity contribution is 0.354. The molecule has 0 radical (unpaired) electrons. The second-order valence-corrected chi connectivity index (χ2v) is 9.67. The summed E-state index contributed by atoms with van der Waals surface area (Å²) in [4.78, 5) is 4.63. The number of fused-ring (bicyclic) bond motifs is 3. The van der Waals surface area contributed by atoms with Crippen molar-refractivity contribution < 1.29 is 0 Å². The van der Waals surface area contributed by atoms with E-state index in [0.717, 1.165) is 50.3 Å². The predicted molar refractivity (Wildman–Crippen MR) is 126 cm³/mol. The van der Waals surface area contributed by atoms with Crippen molar-refractivity contribution in [1.29, 1.82) is 0 Å². The Hall–Kier alpha value is -1.95. The molecule has 0 spiro atoms. The van der Waals surface area contributed by atoms with Crippen molar-refractivity contribution in [3.8, 4) is 5.69 Å². The molecule has 3 heterocycles. The Kier molecular flexibility index (Phi) is 6.38. The van der Waals surface area contributed by atoms with Gasteiger partial charge in [-0.1, -0.05) is 32.0 Å². The van der Waals surface area contributed by atoms with Gasteiger partial charge in [-0.2, -0.15) is 0 Å². The highest BCUT2D eigenvalue weighted by molar-refractivity contribution is 6.24. The first-order valence-electron chi connectivity index (χ1n) is 10.9. The summed E-state index contributed by atoms with van der Waals surface area (Å²) in [6.07, 6.45) is 5.88. The number of nitrogens with zero attached hydrogens (tertiary/aromatic N) is 4. The van der Waals surface area contributed by atoms with E-state index in [9.17, 15) is 0 Å². The standard InChI is InChI=1S/C24H28ClN5.ClH/c1-16(2)20-4-3-5-21(28-20)17-8-10-24(25,11-9-17)19-6-7-22-18(12-19)13-26-14-23-29-27-15-30(22)23;/h3-7,12,15-17,26H,8-11,13-14H2,1-2H3;1H. The summed E-state index contributed by atoms with van der Waals surface area (Å²) in [5.74, 6) is 1.90. The summed E-state index contributed by atoms with van der Waals surface area (Å²) in [5, 5.41) is 11.7. The minimum Gasteiger partial charge on any atom is -0.306 e. The Morgan fingerprint density at radius 3 is 2.71 bits per heavy atom. The highest BCUT2D eigenvalue weighted by Crippen LogP contribution is 2.48. The third-order valence-electron chi connectivity index (χ3n) is 6.65. The fraction of sp³-hybridized carbons (Fsp3) is 0.458. The predicted octanol–water partition coefficient (Wildman–Crippen LogP) is 5.60. The Morgan fingerprint density at radius 2 is 1.94 bits per heavy atom. The number of nitrogens with one attached hydrogen (secondary N) is 1. The molecule has 1 saturated carbocycles. The molecule has 3 aromatic rings. The van der Waals surface area contributed by atoms with Crippen LogP contribution in [0.25, 0.3) is 5.69 Å². The van der Waals surface area contributed by atoms with E-state index in [1.807, 2.05) is 0 Å². The van der Waals surface area contributed by atoms with Crippen molar-refractivity contribution in [3.05, 3.63) is 71.1 Å². The van der Waals surface area contributed by atoms with Gasteiger partial charge in [-0.25, -0.2) is 0 Å². The molecule has 2 aromatic heterocycles. The fourth-order valence-electron chi connectivity index (χ4n) is 4.81. The zero-order valence-electron chi connectivity index (χ0n) is 18.0. The molecule has 164 valence electrons. The van der Waals surface area contributed by atoms with E-state index in [-0.39, 0.29) is 17.3 Å². The van der Waals surface area contributed by atoms with Crippen molar-refractivity contribution >= 4 is 24.0 Å². The van der Waals surface area contributed by atoms with Crippen LogP contribution >= 0.6 is 24.0 Å². The van der Waals surface area contributed by atoms with Crippen LogP contribution < -0.4 is 5.32 Å². The maximum atomic E-state index is 7.23. The summed E-state index contributed by atoms with van der Waals surface area (Å²) in [6, 6.07) is 13.1. The summed E-state index contributed by atoms with van der Waals surface area (Å²) in [6.45, 7) is 5.94. The maximum Gasteiger partial charge on any atom is 0.151 e. The highest BCUT2D eigenvalue weighted by Gasteiger charge is 2.36. The van der Waals surface area contributed by atoms with Crippen LogP contribution in [0.2, 0.25) is 0 Å². The van der Waals surface area contributed by atoms with Gasteiger partial charge in [-0.15, -0.1) is 34.2 Å². The zero-order chi connectivity index (χ0) is 20.7. The SMILES string of the molecule is CC(C)c1cccc(C2CCC(Cl)(c3ccc4c(c3)CNCc3nncn3-4)CC2)n1.Cl. The van der Waals surface area contributed by atoms with E-state index in [4.69, 9.17) is 16.6 Å². The molecule has 31 heavy (non-hydrogen) atoms. The van der Waals surface area contributed by atoms with Crippen LogP contribution in [-0.2, 0) is 18.0 Å². The number of hydrogen-bond donors (Lipinski definition) is 1. The second kappa shape index (κ2) is 8.89. The molecule has 1 fully saturated rings. The second-order valence-electron chi connectivity index (χ2n) is 8.95. The summed E-state index contributed by atoms with van der Waals surface area (Å²) < 4.78 is 2.07. The van der Waals surface area contributed by atoms with Gasteiger partial charge < -0.3 is 5.32 Å². The van der Waals surface area contributed by atoms with Crippen LogP contribution in [0.15, 0.2) is 42.7 Å². The third-order valence-corrected chi connectivity index (χ3v) is 7.25.